The molecule has 0 saturated heterocycles. The van der Waals surface area contributed by atoms with Crippen LogP contribution in [0.25, 0.3) is 0 Å². The number of amides is 1. The lowest BCUT2D eigenvalue weighted by Gasteiger charge is -2.07. The van der Waals surface area contributed by atoms with E-state index in [4.69, 9.17) is 27.9 Å². The first-order valence-electron chi connectivity index (χ1n) is 5.35. The summed E-state index contributed by atoms with van der Waals surface area (Å²) in [6, 6.07) is 7.19. The van der Waals surface area contributed by atoms with E-state index in [2.05, 4.69) is 5.32 Å². The third-order valence-corrected chi connectivity index (χ3v) is 3.51. The van der Waals surface area contributed by atoms with Crippen LogP contribution in [0.4, 0.5) is 5.69 Å². The van der Waals surface area contributed by atoms with E-state index in [0.29, 0.717) is 6.61 Å². The molecule has 0 spiro atoms. The maximum absolute atomic E-state index is 10.8. The summed E-state index contributed by atoms with van der Waals surface area (Å²) >= 11 is 11.8. The van der Waals surface area contributed by atoms with Gasteiger partial charge in [-0.15, -0.1) is 23.2 Å². The van der Waals surface area contributed by atoms with Crippen molar-refractivity contribution in [3.8, 4) is 5.75 Å². The minimum absolute atomic E-state index is 0.0919. The van der Waals surface area contributed by atoms with Crippen molar-refractivity contribution in [2.24, 2.45) is 5.92 Å². The van der Waals surface area contributed by atoms with Gasteiger partial charge in [-0.3, -0.25) is 4.79 Å². The van der Waals surface area contributed by atoms with Crippen LogP contribution in [0.1, 0.15) is 13.3 Å². The first-order chi connectivity index (χ1) is 7.97. The summed E-state index contributed by atoms with van der Waals surface area (Å²) in [6.45, 7) is 1.99. The van der Waals surface area contributed by atoms with E-state index in [-0.39, 0.29) is 11.8 Å². The molecule has 2 rings (SSSR count). The number of anilines is 1. The number of rotatable bonds is 4. The highest BCUT2D eigenvalue weighted by Crippen LogP contribution is 2.53. The molecule has 1 N–H and O–H groups in total. The fourth-order valence-corrected chi connectivity index (χ4v) is 1.98. The Bertz CT molecular complexity index is 417. The van der Waals surface area contributed by atoms with Gasteiger partial charge < -0.3 is 10.1 Å². The summed E-state index contributed by atoms with van der Waals surface area (Å²) in [6.07, 6.45) is 0.778. The topological polar surface area (TPSA) is 38.3 Å². The van der Waals surface area contributed by atoms with E-state index in [9.17, 15) is 4.79 Å². The molecule has 5 heteroatoms. The maximum Gasteiger partial charge on any atom is 0.221 e. The van der Waals surface area contributed by atoms with Gasteiger partial charge in [0.1, 0.15) is 10.1 Å². The fraction of sp³-hybridized carbons (Fsp3) is 0.417. The molecule has 0 unspecified atom stereocenters. The highest BCUT2D eigenvalue weighted by atomic mass is 35.5. The third kappa shape index (κ3) is 3.51. The van der Waals surface area contributed by atoms with Crippen LogP contribution in [-0.2, 0) is 4.79 Å². The van der Waals surface area contributed by atoms with Crippen LogP contribution in [0.2, 0.25) is 0 Å². The van der Waals surface area contributed by atoms with E-state index in [1.165, 1.54) is 6.92 Å². The van der Waals surface area contributed by atoms with E-state index >= 15 is 0 Å². The zero-order valence-electron chi connectivity index (χ0n) is 9.37. The summed E-state index contributed by atoms with van der Waals surface area (Å²) in [7, 11) is 0. The van der Waals surface area contributed by atoms with E-state index in [0.717, 1.165) is 17.9 Å². The van der Waals surface area contributed by atoms with Crippen LogP contribution in [0.5, 0.6) is 5.75 Å². The lowest BCUT2D eigenvalue weighted by Crippen LogP contribution is -2.06. The predicted octanol–water partition coefficient (Wildman–Crippen LogP) is 3.22. The highest BCUT2D eigenvalue weighted by Gasteiger charge is 2.52. The molecule has 1 aliphatic rings. The van der Waals surface area contributed by atoms with Gasteiger partial charge in [-0.1, -0.05) is 0 Å². The normalized spacial score (nSPS) is 20.8. The summed E-state index contributed by atoms with van der Waals surface area (Å²) < 4.78 is 4.94. The lowest BCUT2D eigenvalue weighted by molar-refractivity contribution is -0.114. The van der Waals surface area contributed by atoms with Crippen LogP contribution in [0, 0.1) is 5.92 Å². The third-order valence-electron chi connectivity index (χ3n) is 2.58. The number of halogens is 2. The number of ether oxygens (including phenoxy) is 1. The molecule has 0 heterocycles. The molecular formula is C12H13Cl2NO2. The van der Waals surface area contributed by atoms with Crippen LogP contribution in [-0.4, -0.2) is 16.8 Å². The van der Waals surface area contributed by atoms with Crippen molar-refractivity contribution in [2.75, 3.05) is 11.9 Å². The minimum Gasteiger partial charge on any atom is -0.493 e. The molecule has 1 saturated carbocycles. The lowest BCUT2D eigenvalue weighted by atomic mass is 10.3. The van der Waals surface area contributed by atoms with Gasteiger partial charge in [-0.25, -0.2) is 0 Å². The molecule has 92 valence electrons. The number of benzene rings is 1. The van der Waals surface area contributed by atoms with Gasteiger partial charge in [0.05, 0.1) is 6.61 Å². The zero-order chi connectivity index (χ0) is 12.5. The second kappa shape index (κ2) is 4.75. The molecule has 1 aromatic rings. The Morgan fingerprint density at radius 3 is 2.53 bits per heavy atom. The second-order valence-electron chi connectivity index (χ2n) is 4.18. The smallest absolute Gasteiger partial charge is 0.221 e. The molecule has 0 aliphatic heterocycles. The molecule has 1 aliphatic carbocycles. The Hall–Kier alpha value is -0.930. The maximum atomic E-state index is 10.8. The van der Waals surface area contributed by atoms with Crippen LogP contribution in [0.3, 0.4) is 0 Å². The van der Waals surface area contributed by atoms with Crippen molar-refractivity contribution < 1.29 is 9.53 Å². The largest absolute Gasteiger partial charge is 0.493 e. The molecule has 0 bridgehead atoms. The van der Waals surface area contributed by atoms with Crippen LogP contribution in [0.15, 0.2) is 24.3 Å². The number of hydrogen-bond acceptors (Lipinski definition) is 2. The van der Waals surface area contributed by atoms with Crippen molar-refractivity contribution in [3.63, 3.8) is 0 Å². The summed E-state index contributed by atoms with van der Waals surface area (Å²) in [4.78, 5) is 10.8. The van der Waals surface area contributed by atoms with Gasteiger partial charge in [0, 0.05) is 18.5 Å². The number of nitrogens with one attached hydrogen (secondary N) is 1. The number of alkyl halides is 2. The van der Waals surface area contributed by atoms with Gasteiger partial charge in [0.2, 0.25) is 5.91 Å². The monoisotopic (exact) mass is 273 g/mol. The first-order valence-corrected chi connectivity index (χ1v) is 6.11. The van der Waals surface area contributed by atoms with Gasteiger partial charge in [0.25, 0.3) is 0 Å². The summed E-state index contributed by atoms with van der Waals surface area (Å²) in [5.41, 5.74) is 0.750. The van der Waals surface area contributed by atoms with Gasteiger partial charge in [-0.05, 0) is 30.7 Å². The molecule has 1 fully saturated rings. The van der Waals surface area contributed by atoms with E-state index in [1.54, 1.807) is 24.3 Å². The van der Waals surface area contributed by atoms with Crippen LogP contribution >= 0.6 is 23.2 Å². The number of hydrogen-bond donors (Lipinski definition) is 1. The van der Waals surface area contributed by atoms with Crippen molar-refractivity contribution in [1.82, 2.24) is 0 Å². The molecule has 1 amide bonds. The quantitative estimate of drug-likeness (QED) is 0.856. The van der Waals surface area contributed by atoms with Gasteiger partial charge in [-0.2, -0.15) is 0 Å². The molecule has 0 aromatic heterocycles. The molecule has 0 radical (unpaired) electrons. The Labute approximate surface area is 110 Å². The molecule has 3 nitrogen and oxygen atoms in total. The Morgan fingerprint density at radius 2 is 2.06 bits per heavy atom. The molecule has 1 atom stereocenters. The van der Waals surface area contributed by atoms with Gasteiger partial charge >= 0.3 is 0 Å². The summed E-state index contributed by atoms with van der Waals surface area (Å²) in [5.74, 6) is 0.863. The minimum atomic E-state index is -0.601. The summed E-state index contributed by atoms with van der Waals surface area (Å²) in [5, 5.41) is 2.69. The van der Waals surface area contributed by atoms with Gasteiger partial charge in [0.15, 0.2) is 0 Å². The number of carbonyl (C=O) groups excluding carboxylic acids is 1. The van der Waals surface area contributed by atoms with E-state index < -0.39 is 4.33 Å². The fourth-order valence-electron chi connectivity index (χ4n) is 1.49. The zero-order valence-corrected chi connectivity index (χ0v) is 10.9. The average molecular weight is 274 g/mol. The van der Waals surface area contributed by atoms with Crippen molar-refractivity contribution in [2.45, 2.75) is 17.7 Å². The Balaban J connectivity index is 1.84. The highest BCUT2D eigenvalue weighted by molar-refractivity contribution is 6.50. The Kier molecular flexibility index (Phi) is 3.50. The SMILES string of the molecule is CC(=O)Nc1ccc(OC[C@H]2CC2(Cl)Cl)cc1. The molecule has 17 heavy (non-hydrogen) atoms. The molecule has 1 aromatic carbocycles. The number of carbonyl (C=O) groups is 1. The predicted molar refractivity (Wildman–Crippen MR) is 68.8 cm³/mol. The Morgan fingerprint density at radius 1 is 1.47 bits per heavy atom. The second-order valence-corrected chi connectivity index (χ2v) is 5.72. The van der Waals surface area contributed by atoms with Crippen molar-refractivity contribution in [3.05, 3.63) is 24.3 Å². The van der Waals surface area contributed by atoms with Crippen molar-refractivity contribution >= 4 is 34.8 Å². The van der Waals surface area contributed by atoms with E-state index in [1.807, 2.05) is 0 Å². The average Bonchev–Trinajstić information content (AvgIpc) is 2.85. The van der Waals surface area contributed by atoms with Crippen molar-refractivity contribution in [1.29, 1.82) is 0 Å². The first kappa shape index (κ1) is 12.5. The molecular weight excluding hydrogens is 261 g/mol. The standard InChI is InChI=1S/C12H13Cl2NO2/c1-8(16)15-10-2-4-11(5-3-10)17-7-9-6-12(9,13)14/h2-5,9H,6-7H2,1H3,(H,15,16)/t9-/m1/s1. The van der Waals surface area contributed by atoms with Crippen LogP contribution < -0.4 is 10.1 Å².